The van der Waals surface area contributed by atoms with E-state index in [4.69, 9.17) is 11.6 Å². The lowest BCUT2D eigenvalue weighted by atomic mass is 9.98. The van der Waals surface area contributed by atoms with Gasteiger partial charge in [-0.25, -0.2) is 4.79 Å². The Balaban J connectivity index is 1.27. The quantitative estimate of drug-likeness (QED) is 0.407. The summed E-state index contributed by atoms with van der Waals surface area (Å²) in [5.74, 6) is 0.158. The van der Waals surface area contributed by atoms with E-state index in [1.165, 1.54) is 5.56 Å². The van der Waals surface area contributed by atoms with Crippen molar-refractivity contribution in [1.82, 2.24) is 14.5 Å². The molecule has 2 aromatic carbocycles. The summed E-state index contributed by atoms with van der Waals surface area (Å²) in [5.41, 5.74) is 4.70. The first-order valence-electron chi connectivity index (χ1n) is 10.7. The second-order valence-electron chi connectivity index (χ2n) is 8.24. The molecule has 0 saturated heterocycles. The second-order valence-corrected chi connectivity index (χ2v) is 8.65. The number of aryl methyl sites for hydroxylation is 2. The molecule has 0 atom stereocenters. The highest BCUT2D eigenvalue weighted by molar-refractivity contribution is 6.31. The van der Waals surface area contributed by atoms with Crippen molar-refractivity contribution in [2.24, 2.45) is 0 Å². The predicted octanol–water partition coefficient (Wildman–Crippen LogP) is 4.46. The predicted molar refractivity (Wildman–Crippen MR) is 122 cm³/mol. The number of H-pyrrole nitrogens is 1. The smallest absolute Gasteiger partial charge is 0.306 e. The molecule has 0 spiro atoms. The van der Waals surface area contributed by atoms with E-state index in [0.717, 1.165) is 78.9 Å². The lowest BCUT2D eigenvalue weighted by Crippen LogP contribution is -2.22. The lowest BCUT2D eigenvalue weighted by molar-refractivity contribution is 0.0978. The molecule has 158 valence electrons. The molecular weight excluding hydrogens is 398 g/mol. The minimum Gasteiger partial charge on any atom is -0.306 e. The van der Waals surface area contributed by atoms with Gasteiger partial charge in [-0.2, -0.15) is 0 Å². The fourth-order valence-electron chi connectivity index (χ4n) is 4.32. The van der Waals surface area contributed by atoms with Gasteiger partial charge in [-0.15, -0.1) is 0 Å². The number of Topliss-reactive ketones (excluding diaryl/α,β-unsaturated/α-hetero) is 1. The van der Waals surface area contributed by atoms with Crippen LogP contribution >= 0.6 is 11.6 Å². The SMILES string of the molecule is CN(CCCCC(=O)c1cc2c3c(c1)[nH]c(=O)n3CCC2)CCc1ccccc1Cl. The van der Waals surface area contributed by atoms with E-state index in [-0.39, 0.29) is 11.5 Å². The maximum absolute atomic E-state index is 12.7. The molecule has 0 aliphatic carbocycles. The molecule has 1 N–H and O–H groups in total. The van der Waals surface area contributed by atoms with E-state index in [2.05, 4.69) is 23.0 Å². The number of nitrogens with zero attached hydrogens (tertiary/aromatic N) is 2. The fourth-order valence-corrected chi connectivity index (χ4v) is 4.55. The van der Waals surface area contributed by atoms with Crippen LogP contribution in [0, 0.1) is 0 Å². The van der Waals surface area contributed by atoms with Gasteiger partial charge in [0.1, 0.15) is 0 Å². The molecule has 0 bridgehead atoms. The number of unbranched alkanes of at least 4 members (excludes halogenated alkanes) is 1. The molecule has 1 aliphatic heterocycles. The Kier molecular flexibility index (Phi) is 6.40. The minimum atomic E-state index is -0.0737. The van der Waals surface area contributed by atoms with Crippen molar-refractivity contribution < 1.29 is 4.79 Å². The summed E-state index contributed by atoms with van der Waals surface area (Å²) in [7, 11) is 2.11. The molecule has 1 aliphatic rings. The van der Waals surface area contributed by atoms with Crippen molar-refractivity contribution in [1.29, 1.82) is 0 Å². The number of benzene rings is 2. The Labute approximate surface area is 181 Å². The van der Waals surface area contributed by atoms with Gasteiger partial charge in [0.15, 0.2) is 5.78 Å². The van der Waals surface area contributed by atoms with E-state index < -0.39 is 0 Å². The number of hydrogen-bond acceptors (Lipinski definition) is 3. The average molecular weight is 426 g/mol. The zero-order valence-electron chi connectivity index (χ0n) is 17.4. The number of aromatic nitrogens is 2. The topological polar surface area (TPSA) is 58.1 Å². The Morgan fingerprint density at radius 3 is 2.87 bits per heavy atom. The molecule has 0 saturated carbocycles. The van der Waals surface area contributed by atoms with E-state index >= 15 is 0 Å². The zero-order chi connectivity index (χ0) is 21.1. The molecule has 0 radical (unpaired) electrons. The summed E-state index contributed by atoms with van der Waals surface area (Å²) in [6, 6.07) is 11.8. The number of imidazole rings is 1. The molecule has 0 fully saturated rings. The maximum Gasteiger partial charge on any atom is 0.326 e. The number of hydrogen-bond donors (Lipinski definition) is 1. The molecule has 0 amide bonds. The first-order valence-corrected chi connectivity index (χ1v) is 11.1. The third-order valence-electron chi connectivity index (χ3n) is 6.01. The number of carbonyl (C=O) groups excluding carboxylic acids is 1. The summed E-state index contributed by atoms with van der Waals surface area (Å²) in [6.45, 7) is 2.66. The molecule has 4 rings (SSSR count). The number of nitrogens with one attached hydrogen (secondary N) is 1. The van der Waals surface area contributed by atoms with Gasteiger partial charge in [0.25, 0.3) is 0 Å². The standard InChI is InChI=1S/C24H28ClN3O2/c1-27(14-11-17-7-2-3-9-20(17)25)12-5-4-10-22(29)19-15-18-8-6-13-28-23(18)21(16-19)26-24(28)30/h2-3,7,9,15-16H,4-6,8,10-14H2,1H3,(H,26,30). The third-order valence-corrected chi connectivity index (χ3v) is 6.38. The Morgan fingerprint density at radius 1 is 1.20 bits per heavy atom. The number of aromatic amines is 1. The van der Waals surface area contributed by atoms with Crippen LogP contribution in [0.1, 0.15) is 47.2 Å². The Morgan fingerprint density at radius 2 is 2.03 bits per heavy atom. The van der Waals surface area contributed by atoms with E-state index in [1.54, 1.807) is 4.57 Å². The van der Waals surface area contributed by atoms with Gasteiger partial charge in [0, 0.05) is 30.1 Å². The normalized spacial score (nSPS) is 13.3. The Hall–Kier alpha value is -2.37. The van der Waals surface area contributed by atoms with Gasteiger partial charge in [0.2, 0.25) is 0 Å². The van der Waals surface area contributed by atoms with E-state index in [0.29, 0.717) is 6.42 Å². The largest absolute Gasteiger partial charge is 0.326 e. The van der Waals surface area contributed by atoms with E-state index in [1.807, 2.05) is 30.3 Å². The fraction of sp³-hybridized carbons (Fsp3) is 0.417. The van der Waals surface area contributed by atoms with Gasteiger partial charge in [-0.05, 0) is 75.0 Å². The molecule has 6 heteroatoms. The first-order chi connectivity index (χ1) is 14.5. The number of rotatable bonds is 9. The lowest BCUT2D eigenvalue weighted by Gasteiger charge is -2.17. The van der Waals surface area contributed by atoms with Crippen molar-refractivity contribution in [3.05, 3.63) is 68.6 Å². The summed E-state index contributed by atoms with van der Waals surface area (Å²) in [4.78, 5) is 30.0. The molecule has 3 aromatic rings. The van der Waals surface area contributed by atoms with Crippen molar-refractivity contribution >= 4 is 28.4 Å². The summed E-state index contributed by atoms with van der Waals surface area (Å²) < 4.78 is 1.79. The van der Waals surface area contributed by atoms with Crippen LogP contribution in [-0.4, -0.2) is 40.4 Å². The van der Waals surface area contributed by atoms with Crippen molar-refractivity contribution in [3.8, 4) is 0 Å². The van der Waals surface area contributed by atoms with Gasteiger partial charge >= 0.3 is 5.69 Å². The Bertz CT molecular complexity index is 1120. The second kappa shape index (κ2) is 9.19. The van der Waals surface area contributed by atoms with Crippen LogP contribution < -0.4 is 5.69 Å². The number of halogens is 1. The van der Waals surface area contributed by atoms with Gasteiger partial charge < -0.3 is 9.88 Å². The van der Waals surface area contributed by atoms with Crippen LogP contribution in [0.15, 0.2) is 41.2 Å². The van der Waals surface area contributed by atoms with Crippen LogP contribution in [0.4, 0.5) is 0 Å². The van der Waals surface area contributed by atoms with Gasteiger partial charge in [0.05, 0.1) is 11.0 Å². The zero-order valence-corrected chi connectivity index (χ0v) is 18.2. The van der Waals surface area contributed by atoms with Crippen LogP contribution in [0.5, 0.6) is 0 Å². The third kappa shape index (κ3) is 4.52. The monoisotopic (exact) mass is 425 g/mol. The summed E-state index contributed by atoms with van der Waals surface area (Å²) in [6.07, 6.45) is 5.17. The van der Waals surface area contributed by atoms with Crippen LogP contribution in [-0.2, 0) is 19.4 Å². The molecule has 5 nitrogen and oxygen atoms in total. The van der Waals surface area contributed by atoms with Crippen molar-refractivity contribution in [3.63, 3.8) is 0 Å². The summed E-state index contributed by atoms with van der Waals surface area (Å²) in [5, 5.41) is 0.823. The molecule has 2 heterocycles. The molecule has 0 unspecified atom stereocenters. The minimum absolute atomic E-state index is 0.0737. The highest BCUT2D eigenvalue weighted by Crippen LogP contribution is 2.25. The molecular formula is C24H28ClN3O2. The van der Waals surface area contributed by atoms with Crippen molar-refractivity contribution in [2.45, 2.75) is 45.1 Å². The highest BCUT2D eigenvalue weighted by Gasteiger charge is 2.18. The number of likely N-dealkylation sites (N-methyl/N-ethyl adjacent to an activating group) is 1. The van der Waals surface area contributed by atoms with Crippen LogP contribution in [0.3, 0.4) is 0 Å². The molecule has 1 aromatic heterocycles. The molecule has 30 heavy (non-hydrogen) atoms. The van der Waals surface area contributed by atoms with E-state index in [9.17, 15) is 9.59 Å². The van der Waals surface area contributed by atoms with Crippen molar-refractivity contribution in [2.75, 3.05) is 20.1 Å². The van der Waals surface area contributed by atoms with Crippen LogP contribution in [0.2, 0.25) is 5.02 Å². The first kappa shape index (κ1) is 20.9. The maximum atomic E-state index is 12.7. The van der Waals surface area contributed by atoms with Crippen LogP contribution in [0.25, 0.3) is 11.0 Å². The van der Waals surface area contributed by atoms with Gasteiger partial charge in [-0.3, -0.25) is 9.36 Å². The average Bonchev–Trinajstić information content (AvgIpc) is 3.07. The summed E-state index contributed by atoms with van der Waals surface area (Å²) >= 11 is 6.22. The highest BCUT2D eigenvalue weighted by atomic mass is 35.5. The number of carbonyl (C=O) groups is 1. The van der Waals surface area contributed by atoms with Gasteiger partial charge in [-0.1, -0.05) is 29.8 Å². The number of ketones is 1.